The Balaban J connectivity index is 1.83. The maximum atomic E-state index is 12.9. The van der Waals surface area contributed by atoms with Gasteiger partial charge in [-0.25, -0.2) is 8.78 Å². The minimum absolute atomic E-state index is 0.00342. The van der Waals surface area contributed by atoms with Crippen LogP contribution in [-0.4, -0.2) is 19.4 Å². The molecule has 1 fully saturated rings. The van der Waals surface area contributed by atoms with Gasteiger partial charge in [0.05, 0.1) is 17.7 Å². The van der Waals surface area contributed by atoms with Gasteiger partial charge in [-0.2, -0.15) is 0 Å². The minimum Gasteiger partial charge on any atom is -0.493 e. The number of fused-ring (bicyclic) bond motifs is 1. The van der Waals surface area contributed by atoms with Gasteiger partial charge in [0, 0.05) is 5.39 Å². The first-order valence-corrected chi connectivity index (χ1v) is 6.70. The van der Waals surface area contributed by atoms with Crippen LogP contribution >= 0.6 is 0 Å². The van der Waals surface area contributed by atoms with Crippen LogP contribution in [0.3, 0.4) is 0 Å². The van der Waals surface area contributed by atoms with Crippen molar-refractivity contribution in [2.75, 3.05) is 11.9 Å². The number of carbonyl (C=O) groups excluding carboxylic acids is 1. The lowest BCUT2D eigenvalue weighted by Gasteiger charge is -2.15. The highest BCUT2D eigenvalue weighted by Crippen LogP contribution is 2.50. The van der Waals surface area contributed by atoms with Gasteiger partial charge in [0.2, 0.25) is 12.8 Å². The van der Waals surface area contributed by atoms with Crippen molar-refractivity contribution < 1.29 is 22.7 Å². The second-order valence-electron chi connectivity index (χ2n) is 5.41. The summed E-state index contributed by atoms with van der Waals surface area (Å²) in [6.45, 7) is 1.74. The maximum absolute atomic E-state index is 12.9. The van der Waals surface area contributed by atoms with E-state index < -0.39 is 11.8 Å². The molecule has 0 aliphatic heterocycles. The number of alkyl halides is 2. The minimum atomic E-state index is -2.36. The second-order valence-corrected chi connectivity index (χ2v) is 5.41. The molecule has 3 rings (SSSR count). The fourth-order valence-electron chi connectivity index (χ4n) is 2.34. The maximum Gasteiger partial charge on any atom is 0.247 e. The number of carbonyl (C=O) groups is 1. The molecule has 1 N–H and O–H groups in total. The summed E-state index contributed by atoms with van der Waals surface area (Å²) < 4.78 is 36.7. The summed E-state index contributed by atoms with van der Waals surface area (Å²) in [6.07, 6.45) is -0.795. The summed E-state index contributed by atoms with van der Waals surface area (Å²) in [5, 5.41) is 3.27. The van der Waals surface area contributed by atoms with Gasteiger partial charge in [-0.1, -0.05) is 0 Å². The van der Waals surface area contributed by atoms with Crippen LogP contribution in [0.4, 0.5) is 14.5 Å². The molecule has 1 aliphatic carbocycles. The molecule has 112 valence electrons. The number of rotatable bonds is 6. The number of anilines is 1. The number of aryl methyl sites for hydroxylation is 1. The molecule has 0 unspecified atom stereocenters. The summed E-state index contributed by atoms with van der Waals surface area (Å²) in [5.74, 6) is 1.07. The number of benzene rings is 1. The zero-order chi connectivity index (χ0) is 15.0. The molecule has 6 heteroatoms. The average molecular weight is 295 g/mol. The SMILES string of the molecule is Cc1oc2ccc(OCC3(C(F)F)CC3)cc2c1NC=O. The van der Waals surface area contributed by atoms with Gasteiger partial charge in [-0.05, 0) is 38.0 Å². The molecule has 1 amide bonds. The lowest BCUT2D eigenvalue weighted by molar-refractivity contribution is -0.105. The molecular weight excluding hydrogens is 280 g/mol. The Morgan fingerprint density at radius 2 is 2.24 bits per heavy atom. The third-order valence-corrected chi connectivity index (χ3v) is 3.92. The normalized spacial score (nSPS) is 16.2. The molecular formula is C15H15F2NO3. The Kier molecular flexibility index (Phi) is 3.31. The molecule has 1 heterocycles. The summed E-state index contributed by atoms with van der Waals surface area (Å²) in [5.41, 5.74) is 0.199. The van der Waals surface area contributed by atoms with E-state index in [2.05, 4.69) is 5.32 Å². The molecule has 0 atom stereocenters. The number of amides is 1. The molecule has 4 nitrogen and oxygen atoms in total. The molecule has 21 heavy (non-hydrogen) atoms. The second kappa shape index (κ2) is 5.02. The van der Waals surface area contributed by atoms with Crippen molar-refractivity contribution in [3.8, 4) is 5.75 Å². The predicted molar refractivity (Wildman–Crippen MR) is 73.8 cm³/mol. The fraction of sp³-hybridized carbons (Fsp3) is 0.400. The fourth-order valence-corrected chi connectivity index (χ4v) is 2.34. The van der Waals surface area contributed by atoms with Crippen LogP contribution in [0.2, 0.25) is 0 Å². The van der Waals surface area contributed by atoms with Gasteiger partial charge in [0.1, 0.15) is 17.1 Å². The lowest BCUT2D eigenvalue weighted by Crippen LogP contribution is -2.21. The van der Waals surface area contributed by atoms with Crippen molar-refractivity contribution >= 4 is 23.1 Å². The Morgan fingerprint density at radius 1 is 1.48 bits per heavy atom. The Hall–Kier alpha value is -2.11. The van der Waals surface area contributed by atoms with Gasteiger partial charge >= 0.3 is 0 Å². The van der Waals surface area contributed by atoms with Crippen molar-refractivity contribution in [1.29, 1.82) is 0 Å². The van der Waals surface area contributed by atoms with E-state index in [1.165, 1.54) is 0 Å². The van der Waals surface area contributed by atoms with Crippen LogP contribution in [0.1, 0.15) is 18.6 Å². The highest BCUT2D eigenvalue weighted by molar-refractivity contribution is 5.97. The topological polar surface area (TPSA) is 51.5 Å². The van der Waals surface area contributed by atoms with Crippen LogP contribution in [0.5, 0.6) is 5.75 Å². The molecule has 0 bridgehead atoms. The van der Waals surface area contributed by atoms with Gasteiger partial charge in [0.15, 0.2) is 0 Å². The largest absolute Gasteiger partial charge is 0.493 e. The van der Waals surface area contributed by atoms with E-state index in [-0.39, 0.29) is 6.61 Å². The molecule has 1 aromatic carbocycles. The summed E-state index contributed by atoms with van der Waals surface area (Å²) in [7, 11) is 0. The first-order chi connectivity index (χ1) is 10.1. The van der Waals surface area contributed by atoms with Crippen molar-refractivity contribution in [3.05, 3.63) is 24.0 Å². The number of ether oxygens (including phenoxy) is 1. The van der Waals surface area contributed by atoms with Crippen LogP contribution in [0.15, 0.2) is 22.6 Å². The smallest absolute Gasteiger partial charge is 0.247 e. The summed E-state index contributed by atoms with van der Waals surface area (Å²) in [6, 6.07) is 5.08. The van der Waals surface area contributed by atoms with E-state index in [0.717, 1.165) is 0 Å². The Bertz CT molecular complexity index is 677. The van der Waals surface area contributed by atoms with Crippen LogP contribution < -0.4 is 10.1 Å². The summed E-state index contributed by atoms with van der Waals surface area (Å²) >= 11 is 0. The monoisotopic (exact) mass is 295 g/mol. The Morgan fingerprint density at radius 3 is 2.86 bits per heavy atom. The van der Waals surface area contributed by atoms with E-state index >= 15 is 0 Å². The van der Waals surface area contributed by atoms with E-state index in [0.29, 0.717) is 47.4 Å². The van der Waals surface area contributed by atoms with E-state index in [1.807, 2.05) is 0 Å². The van der Waals surface area contributed by atoms with Crippen molar-refractivity contribution in [2.45, 2.75) is 26.2 Å². The number of furan rings is 1. The van der Waals surface area contributed by atoms with Crippen molar-refractivity contribution in [2.24, 2.45) is 5.41 Å². The van der Waals surface area contributed by atoms with Crippen molar-refractivity contribution in [3.63, 3.8) is 0 Å². The highest BCUT2D eigenvalue weighted by Gasteiger charge is 2.51. The molecule has 1 aromatic heterocycles. The first-order valence-electron chi connectivity index (χ1n) is 6.70. The summed E-state index contributed by atoms with van der Waals surface area (Å²) in [4.78, 5) is 10.6. The van der Waals surface area contributed by atoms with Gasteiger partial charge in [-0.3, -0.25) is 4.79 Å². The predicted octanol–water partition coefficient (Wildman–Crippen LogP) is 3.73. The number of hydrogen-bond donors (Lipinski definition) is 1. The molecule has 2 aromatic rings. The molecule has 0 saturated heterocycles. The Labute approximate surface area is 120 Å². The third kappa shape index (κ3) is 2.46. The third-order valence-electron chi connectivity index (χ3n) is 3.92. The van der Waals surface area contributed by atoms with Gasteiger partial charge in [0.25, 0.3) is 0 Å². The number of nitrogens with one attached hydrogen (secondary N) is 1. The highest BCUT2D eigenvalue weighted by atomic mass is 19.3. The quantitative estimate of drug-likeness (QED) is 0.826. The average Bonchev–Trinajstić information content (AvgIpc) is 3.19. The van der Waals surface area contributed by atoms with Crippen LogP contribution in [0.25, 0.3) is 11.0 Å². The van der Waals surface area contributed by atoms with E-state index in [9.17, 15) is 13.6 Å². The molecule has 0 radical (unpaired) electrons. The van der Waals surface area contributed by atoms with Gasteiger partial charge < -0.3 is 14.5 Å². The molecule has 0 spiro atoms. The standard InChI is InChI=1S/C15H15F2NO3/c1-9-13(18-8-19)11-6-10(2-3-12(11)21-9)20-7-15(4-5-15)14(16)17/h2-3,6,8,14H,4-5,7H2,1H3,(H,18,19). The zero-order valence-corrected chi connectivity index (χ0v) is 11.5. The number of halogens is 2. The van der Waals surface area contributed by atoms with Crippen LogP contribution in [0, 0.1) is 12.3 Å². The molecule has 1 saturated carbocycles. The van der Waals surface area contributed by atoms with Crippen LogP contribution in [-0.2, 0) is 4.79 Å². The number of hydrogen-bond acceptors (Lipinski definition) is 3. The van der Waals surface area contributed by atoms with E-state index in [1.54, 1.807) is 25.1 Å². The lowest BCUT2D eigenvalue weighted by atomic mass is 10.1. The first kappa shape index (κ1) is 13.9. The van der Waals surface area contributed by atoms with E-state index in [4.69, 9.17) is 9.15 Å². The van der Waals surface area contributed by atoms with Gasteiger partial charge in [-0.15, -0.1) is 0 Å². The van der Waals surface area contributed by atoms with Crippen molar-refractivity contribution in [1.82, 2.24) is 0 Å². The molecule has 1 aliphatic rings. The zero-order valence-electron chi connectivity index (χ0n) is 11.5.